The van der Waals surface area contributed by atoms with Crippen molar-refractivity contribution in [3.8, 4) is 10.7 Å². The van der Waals surface area contributed by atoms with Crippen LogP contribution in [0.1, 0.15) is 43.0 Å². The fourth-order valence-electron chi connectivity index (χ4n) is 2.34. The van der Waals surface area contributed by atoms with Gasteiger partial charge in [-0.2, -0.15) is 5.10 Å². The fraction of sp³-hybridized carbons (Fsp3) is 0.500. The van der Waals surface area contributed by atoms with E-state index in [1.807, 2.05) is 0 Å². The van der Waals surface area contributed by atoms with E-state index in [1.54, 1.807) is 11.3 Å². The normalized spacial score (nSPS) is 16.8. The maximum atomic E-state index is 4.64. The molecule has 0 aliphatic heterocycles. The summed E-state index contributed by atoms with van der Waals surface area (Å²) < 4.78 is 1.17. The van der Waals surface area contributed by atoms with Gasteiger partial charge in [-0.15, -0.1) is 11.3 Å². The second-order valence-corrected chi connectivity index (χ2v) is 6.96. The highest BCUT2D eigenvalue weighted by Gasteiger charge is 2.21. The molecule has 3 rings (SSSR count). The fourth-order valence-corrected chi connectivity index (χ4v) is 3.81. The summed E-state index contributed by atoms with van der Waals surface area (Å²) in [7, 11) is 0. The molecule has 2 aromatic heterocycles. The summed E-state index contributed by atoms with van der Waals surface area (Å²) in [5.74, 6) is 2.51. The highest BCUT2D eigenvalue weighted by atomic mass is 79.9. The minimum absolute atomic E-state index is 0.598. The Morgan fingerprint density at radius 3 is 2.82 bits per heavy atom. The molecule has 0 spiro atoms. The third-order valence-electron chi connectivity index (χ3n) is 3.32. The Bertz CT molecular complexity index is 506. The number of hydrogen-bond donors (Lipinski definition) is 1. The van der Waals surface area contributed by atoms with Gasteiger partial charge < -0.3 is 0 Å². The van der Waals surface area contributed by atoms with Gasteiger partial charge in [0.1, 0.15) is 5.82 Å². The molecule has 0 unspecified atom stereocenters. The van der Waals surface area contributed by atoms with E-state index in [9.17, 15) is 0 Å². The Kier molecular flexibility index (Phi) is 3.04. The zero-order valence-corrected chi connectivity index (χ0v) is 12.1. The van der Waals surface area contributed by atoms with Crippen molar-refractivity contribution in [3.63, 3.8) is 0 Å². The Hall–Kier alpha value is -0.680. The van der Waals surface area contributed by atoms with Gasteiger partial charge in [0.15, 0.2) is 5.82 Å². The number of halogens is 1. The van der Waals surface area contributed by atoms with E-state index in [4.69, 9.17) is 0 Å². The van der Waals surface area contributed by atoms with E-state index in [0.29, 0.717) is 5.92 Å². The van der Waals surface area contributed by atoms with Crippen molar-refractivity contribution in [2.75, 3.05) is 0 Å². The molecule has 0 radical (unpaired) electrons. The molecule has 0 bridgehead atoms. The Balaban J connectivity index is 1.88. The lowest BCUT2D eigenvalue weighted by Crippen LogP contribution is -1.94. The molecule has 1 aliphatic carbocycles. The number of rotatable bonds is 2. The van der Waals surface area contributed by atoms with Crippen LogP contribution >= 0.6 is 27.3 Å². The lowest BCUT2D eigenvalue weighted by atomic mass is 10.1. The first-order chi connectivity index (χ1) is 8.24. The van der Waals surface area contributed by atoms with Crippen LogP contribution in [0.25, 0.3) is 10.7 Å². The quantitative estimate of drug-likeness (QED) is 0.900. The Morgan fingerprint density at radius 1 is 1.41 bits per heavy atom. The van der Waals surface area contributed by atoms with Gasteiger partial charge in [0.05, 0.1) is 8.66 Å². The average molecular weight is 312 g/mol. The summed E-state index contributed by atoms with van der Waals surface area (Å²) >= 11 is 5.23. The van der Waals surface area contributed by atoms with E-state index in [-0.39, 0.29) is 0 Å². The minimum atomic E-state index is 0.598. The number of thiophene rings is 1. The number of aryl methyl sites for hydroxylation is 1. The molecule has 0 atom stereocenters. The van der Waals surface area contributed by atoms with Crippen molar-refractivity contribution < 1.29 is 0 Å². The maximum absolute atomic E-state index is 4.64. The van der Waals surface area contributed by atoms with Crippen molar-refractivity contribution in [2.45, 2.75) is 38.5 Å². The van der Waals surface area contributed by atoms with E-state index in [0.717, 1.165) is 16.5 Å². The van der Waals surface area contributed by atoms with Crippen LogP contribution in [0, 0.1) is 6.92 Å². The molecule has 1 N–H and O–H groups in total. The molecule has 0 aromatic carbocycles. The predicted molar refractivity (Wildman–Crippen MR) is 73.3 cm³/mol. The first-order valence-corrected chi connectivity index (χ1v) is 7.53. The van der Waals surface area contributed by atoms with Gasteiger partial charge in [0.25, 0.3) is 0 Å². The molecule has 1 aliphatic rings. The molecule has 0 saturated heterocycles. The van der Waals surface area contributed by atoms with Gasteiger partial charge in [-0.05, 0) is 47.3 Å². The SMILES string of the molecule is Cc1cc(-c2n[nH]c(C3CCCC3)n2)sc1Br. The zero-order chi connectivity index (χ0) is 11.8. The van der Waals surface area contributed by atoms with E-state index in [1.165, 1.54) is 35.0 Å². The monoisotopic (exact) mass is 311 g/mol. The van der Waals surface area contributed by atoms with Crippen molar-refractivity contribution >= 4 is 27.3 Å². The molecule has 2 aromatic rings. The predicted octanol–water partition coefficient (Wildman–Crippen LogP) is 4.26. The molecule has 90 valence electrons. The van der Waals surface area contributed by atoms with E-state index >= 15 is 0 Å². The second-order valence-electron chi connectivity index (χ2n) is 4.59. The van der Waals surface area contributed by atoms with Gasteiger partial charge in [0.2, 0.25) is 0 Å². The van der Waals surface area contributed by atoms with Crippen LogP contribution in [0.2, 0.25) is 0 Å². The molecular weight excluding hydrogens is 298 g/mol. The van der Waals surface area contributed by atoms with Gasteiger partial charge in [-0.1, -0.05) is 12.8 Å². The van der Waals surface area contributed by atoms with Gasteiger partial charge in [-0.25, -0.2) is 4.98 Å². The topological polar surface area (TPSA) is 41.6 Å². The largest absolute Gasteiger partial charge is 0.262 e. The molecule has 2 heterocycles. The molecular formula is C12H14BrN3S. The second kappa shape index (κ2) is 4.53. The number of nitrogens with one attached hydrogen (secondary N) is 1. The van der Waals surface area contributed by atoms with Crippen molar-refractivity contribution in [2.24, 2.45) is 0 Å². The molecule has 0 amide bonds. The smallest absolute Gasteiger partial charge is 0.191 e. The number of aromatic nitrogens is 3. The van der Waals surface area contributed by atoms with Crippen LogP contribution in [0.4, 0.5) is 0 Å². The van der Waals surface area contributed by atoms with Gasteiger partial charge >= 0.3 is 0 Å². The number of H-pyrrole nitrogens is 1. The van der Waals surface area contributed by atoms with Gasteiger partial charge in [-0.3, -0.25) is 5.10 Å². The summed E-state index contributed by atoms with van der Waals surface area (Å²) in [4.78, 5) is 5.77. The third kappa shape index (κ3) is 2.18. The number of aromatic amines is 1. The molecule has 5 heteroatoms. The number of nitrogens with zero attached hydrogens (tertiary/aromatic N) is 2. The highest BCUT2D eigenvalue weighted by Crippen LogP contribution is 2.35. The van der Waals surface area contributed by atoms with Crippen LogP contribution < -0.4 is 0 Å². The molecule has 17 heavy (non-hydrogen) atoms. The van der Waals surface area contributed by atoms with Crippen molar-refractivity contribution in [3.05, 3.63) is 21.2 Å². The standard InChI is InChI=1S/C12H14BrN3S/c1-7-6-9(17-10(7)13)12-14-11(15-16-12)8-4-2-3-5-8/h6,8H,2-5H2,1H3,(H,14,15,16). The first kappa shape index (κ1) is 11.4. The summed E-state index contributed by atoms with van der Waals surface area (Å²) in [5.41, 5.74) is 1.25. The Morgan fingerprint density at radius 2 is 2.18 bits per heavy atom. The third-order valence-corrected chi connectivity index (χ3v) is 5.45. The minimum Gasteiger partial charge on any atom is -0.262 e. The molecule has 3 nitrogen and oxygen atoms in total. The van der Waals surface area contributed by atoms with Crippen LogP contribution in [0.3, 0.4) is 0 Å². The first-order valence-electron chi connectivity index (χ1n) is 5.92. The van der Waals surface area contributed by atoms with Crippen LogP contribution in [-0.4, -0.2) is 15.2 Å². The molecule has 1 saturated carbocycles. The van der Waals surface area contributed by atoms with Crippen LogP contribution in [0.5, 0.6) is 0 Å². The molecule has 1 fully saturated rings. The summed E-state index contributed by atoms with van der Waals surface area (Å²) in [6, 6.07) is 2.14. The lowest BCUT2D eigenvalue weighted by molar-refractivity contribution is 0.672. The van der Waals surface area contributed by atoms with Crippen LogP contribution in [0.15, 0.2) is 9.85 Å². The number of hydrogen-bond acceptors (Lipinski definition) is 3. The summed E-state index contributed by atoms with van der Waals surface area (Å²) in [5, 5.41) is 7.44. The van der Waals surface area contributed by atoms with Crippen molar-refractivity contribution in [1.82, 2.24) is 15.2 Å². The summed E-state index contributed by atoms with van der Waals surface area (Å²) in [6.07, 6.45) is 5.15. The Labute approximate surface area is 113 Å². The summed E-state index contributed by atoms with van der Waals surface area (Å²) in [6.45, 7) is 2.09. The highest BCUT2D eigenvalue weighted by molar-refractivity contribution is 9.11. The lowest BCUT2D eigenvalue weighted by Gasteiger charge is -2.01. The van der Waals surface area contributed by atoms with E-state index in [2.05, 4.69) is 44.1 Å². The van der Waals surface area contributed by atoms with Gasteiger partial charge in [0, 0.05) is 5.92 Å². The average Bonchev–Trinajstić information content (AvgIpc) is 3.00. The zero-order valence-electron chi connectivity index (χ0n) is 9.66. The van der Waals surface area contributed by atoms with Crippen molar-refractivity contribution in [1.29, 1.82) is 0 Å². The van der Waals surface area contributed by atoms with Crippen LogP contribution in [-0.2, 0) is 0 Å². The maximum Gasteiger partial charge on any atom is 0.191 e. The van der Waals surface area contributed by atoms with E-state index < -0.39 is 0 Å².